The van der Waals surface area contributed by atoms with Gasteiger partial charge in [0.25, 0.3) is 0 Å². The molecule has 0 amide bonds. The summed E-state index contributed by atoms with van der Waals surface area (Å²) in [5.74, 6) is 0.922. The van der Waals surface area contributed by atoms with Crippen LogP contribution in [0, 0.1) is 5.41 Å². The minimum Gasteiger partial charge on any atom is -0.380 e. The first kappa shape index (κ1) is 19.5. The predicted octanol–water partition coefficient (Wildman–Crippen LogP) is 3.39. The van der Waals surface area contributed by atoms with Gasteiger partial charge in [0, 0.05) is 30.6 Å². The molecule has 1 fully saturated rings. The second-order valence-electron chi connectivity index (χ2n) is 5.96. The topological polar surface area (TPSA) is 36.9 Å². The summed E-state index contributed by atoms with van der Waals surface area (Å²) in [4.78, 5) is 6.87. The van der Waals surface area contributed by atoms with Gasteiger partial charge in [-0.15, -0.1) is 24.0 Å². The number of hydrogen-bond acceptors (Lipinski definition) is 2. The van der Waals surface area contributed by atoms with Gasteiger partial charge in [-0.3, -0.25) is 4.99 Å². The average Bonchev–Trinajstić information content (AvgIpc) is 2.41. The molecule has 0 saturated carbocycles. The van der Waals surface area contributed by atoms with Crippen molar-refractivity contribution in [2.45, 2.75) is 20.4 Å². The minimum atomic E-state index is 0. The Balaban J connectivity index is 0.00000242. The van der Waals surface area contributed by atoms with Gasteiger partial charge in [-0.1, -0.05) is 30.7 Å². The Morgan fingerprint density at radius 2 is 2.18 bits per heavy atom. The first-order valence-electron chi connectivity index (χ1n) is 7.34. The summed E-state index contributed by atoms with van der Waals surface area (Å²) >= 11 is 6.04. The zero-order valence-corrected chi connectivity index (χ0v) is 16.5. The normalized spacial score (nSPS) is 16.5. The molecular weight excluding hydrogens is 413 g/mol. The van der Waals surface area contributed by atoms with E-state index in [9.17, 15) is 0 Å². The largest absolute Gasteiger partial charge is 0.380 e. The molecule has 0 bridgehead atoms. The molecule has 0 aromatic heterocycles. The molecule has 1 saturated heterocycles. The second-order valence-corrected chi connectivity index (χ2v) is 6.40. The molecule has 124 valence electrons. The van der Waals surface area contributed by atoms with Gasteiger partial charge < -0.3 is 15.0 Å². The third-order valence-corrected chi connectivity index (χ3v) is 3.75. The molecular formula is C16H25ClIN3O. The molecule has 2 rings (SSSR count). The van der Waals surface area contributed by atoms with Crippen molar-refractivity contribution in [2.75, 3.05) is 33.4 Å². The lowest BCUT2D eigenvalue weighted by atomic mass is 9.89. The minimum absolute atomic E-state index is 0. The fraction of sp³-hybridized carbons (Fsp3) is 0.562. The lowest BCUT2D eigenvalue weighted by Crippen LogP contribution is -2.44. The zero-order valence-electron chi connectivity index (χ0n) is 13.4. The van der Waals surface area contributed by atoms with Crippen LogP contribution in [0.1, 0.15) is 19.4 Å². The number of rotatable bonds is 5. The zero-order chi connectivity index (χ0) is 15.3. The quantitative estimate of drug-likeness (QED) is 0.436. The molecule has 6 heteroatoms. The summed E-state index contributed by atoms with van der Waals surface area (Å²) in [6.45, 7) is 8.31. The van der Waals surface area contributed by atoms with E-state index in [1.807, 2.05) is 25.2 Å². The fourth-order valence-corrected chi connectivity index (χ4v) is 2.47. The van der Waals surface area contributed by atoms with Gasteiger partial charge in [-0.25, -0.2) is 0 Å². The van der Waals surface area contributed by atoms with Gasteiger partial charge in [-0.05, 0) is 24.6 Å². The SMILES string of the molecule is CCNC(=NCC1(C)COC1)N(C)Cc1cccc(Cl)c1.I. The van der Waals surface area contributed by atoms with Gasteiger partial charge >= 0.3 is 0 Å². The maximum atomic E-state index is 6.04. The molecule has 1 aliphatic rings. The van der Waals surface area contributed by atoms with Crippen molar-refractivity contribution < 1.29 is 4.74 Å². The molecule has 1 aliphatic heterocycles. The Bertz CT molecular complexity index is 506. The Morgan fingerprint density at radius 3 is 2.73 bits per heavy atom. The van der Waals surface area contributed by atoms with Crippen LogP contribution < -0.4 is 5.32 Å². The van der Waals surface area contributed by atoms with Gasteiger partial charge in [0.2, 0.25) is 0 Å². The Morgan fingerprint density at radius 1 is 1.45 bits per heavy atom. The number of nitrogens with one attached hydrogen (secondary N) is 1. The highest BCUT2D eigenvalue weighted by molar-refractivity contribution is 14.0. The number of aliphatic imine (C=N–C) groups is 1. The lowest BCUT2D eigenvalue weighted by molar-refractivity contribution is -0.0946. The molecule has 22 heavy (non-hydrogen) atoms. The standard InChI is InChI=1S/C16H24ClN3O.HI/c1-4-18-15(19-10-16(2)11-21-12-16)20(3)9-13-6-5-7-14(17)8-13;/h5-8H,4,9-12H2,1-3H3,(H,18,19);1H. The molecule has 1 N–H and O–H groups in total. The van der Waals surface area contributed by atoms with Gasteiger partial charge in [0.1, 0.15) is 0 Å². The van der Waals surface area contributed by atoms with Crippen molar-refractivity contribution in [1.29, 1.82) is 0 Å². The monoisotopic (exact) mass is 437 g/mol. The first-order valence-corrected chi connectivity index (χ1v) is 7.72. The van der Waals surface area contributed by atoms with E-state index in [1.54, 1.807) is 0 Å². The summed E-state index contributed by atoms with van der Waals surface area (Å²) in [6, 6.07) is 7.93. The van der Waals surface area contributed by atoms with E-state index in [2.05, 4.69) is 30.1 Å². The molecule has 0 aliphatic carbocycles. The highest BCUT2D eigenvalue weighted by atomic mass is 127. The van der Waals surface area contributed by atoms with Crippen LogP contribution in [0.15, 0.2) is 29.3 Å². The first-order chi connectivity index (χ1) is 10.0. The van der Waals surface area contributed by atoms with Crippen LogP contribution in [0.5, 0.6) is 0 Å². The van der Waals surface area contributed by atoms with E-state index in [0.29, 0.717) is 0 Å². The summed E-state index contributed by atoms with van der Waals surface area (Å²) < 4.78 is 5.28. The van der Waals surface area contributed by atoms with Crippen LogP contribution >= 0.6 is 35.6 Å². The molecule has 1 aromatic carbocycles. The predicted molar refractivity (Wildman–Crippen MR) is 103 cm³/mol. The number of halogens is 2. The maximum Gasteiger partial charge on any atom is 0.193 e. The molecule has 1 heterocycles. The molecule has 0 unspecified atom stereocenters. The third kappa shape index (κ3) is 5.59. The highest BCUT2D eigenvalue weighted by Crippen LogP contribution is 2.26. The molecule has 0 atom stereocenters. The Hall–Kier alpha value is -0.530. The van der Waals surface area contributed by atoms with Crippen LogP contribution in [0.4, 0.5) is 0 Å². The van der Waals surface area contributed by atoms with Crippen LogP contribution in [0.25, 0.3) is 0 Å². The van der Waals surface area contributed by atoms with E-state index in [0.717, 1.165) is 43.8 Å². The highest BCUT2D eigenvalue weighted by Gasteiger charge is 2.33. The number of ether oxygens (including phenoxy) is 1. The van der Waals surface area contributed by atoms with Crippen LogP contribution in [-0.4, -0.2) is 44.2 Å². The Kier molecular flexibility index (Phi) is 7.93. The summed E-state index contributed by atoms with van der Waals surface area (Å²) in [7, 11) is 2.04. The van der Waals surface area contributed by atoms with E-state index in [-0.39, 0.29) is 29.4 Å². The van der Waals surface area contributed by atoms with E-state index in [1.165, 1.54) is 5.56 Å². The van der Waals surface area contributed by atoms with Crippen molar-refractivity contribution in [3.63, 3.8) is 0 Å². The van der Waals surface area contributed by atoms with Crippen molar-refractivity contribution in [2.24, 2.45) is 10.4 Å². The second kappa shape index (κ2) is 8.93. The van der Waals surface area contributed by atoms with Crippen molar-refractivity contribution in [1.82, 2.24) is 10.2 Å². The van der Waals surface area contributed by atoms with E-state index >= 15 is 0 Å². The van der Waals surface area contributed by atoms with E-state index in [4.69, 9.17) is 21.3 Å². The van der Waals surface area contributed by atoms with Gasteiger partial charge in [0.05, 0.1) is 19.8 Å². The van der Waals surface area contributed by atoms with Crippen molar-refractivity contribution >= 4 is 41.5 Å². The summed E-state index contributed by atoms with van der Waals surface area (Å²) in [6.07, 6.45) is 0. The van der Waals surface area contributed by atoms with Crippen LogP contribution in [0.3, 0.4) is 0 Å². The smallest absolute Gasteiger partial charge is 0.193 e. The molecule has 0 radical (unpaired) electrons. The average molecular weight is 438 g/mol. The number of nitrogens with zero attached hydrogens (tertiary/aromatic N) is 2. The molecule has 4 nitrogen and oxygen atoms in total. The van der Waals surface area contributed by atoms with Crippen LogP contribution in [-0.2, 0) is 11.3 Å². The number of benzene rings is 1. The van der Waals surface area contributed by atoms with Gasteiger partial charge in [0.15, 0.2) is 5.96 Å². The number of guanidine groups is 1. The summed E-state index contributed by atoms with van der Waals surface area (Å²) in [5, 5.41) is 4.11. The van der Waals surface area contributed by atoms with Crippen molar-refractivity contribution in [3.05, 3.63) is 34.9 Å². The summed E-state index contributed by atoms with van der Waals surface area (Å²) in [5.41, 5.74) is 1.37. The molecule has 0 spiro atoms. The van der Waals surface area contributed by atoms with Crippen molar-refractivity contribution in [3.8, 4) is 0 Å². The Labute approximate surface area is 155 Å². The van der Waals surface area contributed by atoms with Gasteiger partial charge in [-0.2, -0.15) is 0 Å². The van der Waals surface area contributed by atoms with Crippen LogP contribution in [0.2, 0.25) is 5.02 Å². The maximum absolute atomic E-state index is 6.04. The third-order valence-electron chi connectivity index (χ3n) is 3.52. The molecule has 1 aromatic rings. The number of hydrogen-bond donors (Lipinski definition) is 1. The fourth-order valence-electron chi connectivity index (χ4n) is 2.26. The van der Waals surface area contributed by atoms with E-state index < -0.39 is 0 Å². The lowest BCUT2D eigenvalue weighted by Gasteiger charge is -2.37.